The van der Waals surface area contributed by atoms with Crippen molar-refractivity contribution in [2.75, 3.05) is 0 Å². The van der Waals surface area contributed by atoms with Gasteiger partial charge in [0.15, 0.2) is 0 Å². The molecule has 0 amide bonds. The van der Waals surface area contributed by atoms with Gasteiger partial charge in [0.05, 0.1) is 0 Å². The van der Waals surface area contributed by atoms with Crippen LogP contribution in [0.1, 0.15) is 24.5 Å². The molecule has 1 aliphatic carbocycles. The summed E-state index contributed by atoms with van der Waals surface area (Å²) in [6.07, 6.45) is 2.91. The Morgan fingerprint density at radius 2 is 1.47 bits per heavy atom. The van der Waals surface area contributed by atoms with Crippen molar-refractivity contribution in [1.82, 2.24) is 0 Å². The van der Waals surface area contributed by atoms with Gasteiger partial charge < -0.3 is 0 Å². The summed E-state index contributed by atoms with van der Waals surface area (Å²) in [7, 11) is 0. The van der Waals surface area contributed by atoms with Gasteiger partial charge in [-0.2, -0.15) is 0 Å². The Balaban J connectivity index is 2.42. The van der Waals surface area contributed by atoms with Crippen LogP contribution in [0.25, 0.3) is 11.1 Å². The zero-order valence-electron chi connectivity index (χ0n) is 11.3. The van der Waals surface area contributed by atoms with E-state index in [-0.39, 0.29) is 5.41 Å². The van der Waals surface area contributed by atoms with Crippen LogP contribution in [0, 0.1) is 0 Å². The second kappa shape index (κ2) is 4.24. The van der Waals surface area contributed by atoms with Crippen molar-refractivity contribution in [3.05, 3.63) is 84.5 Å². The lowest BCUT2D eigenvalue weighted by Gasteiger charge is -2.31. The highest BCUT2D eigenvalue weighted by Gasteiger charge is 2.42. The third kappa shape index (κ3) is 1.40. The summed E-state index contributed by atoms with van der Waals surface area (Å²) in [6, 6.07) is 17.3. The van der Waals surface area contributed by atoms with Gasteiger partial charge in [-0.05, 0) is 34.2 Å². The summed E-state index contributed by atoms with van der Waals surface area (Å²) in [5.41, 5.74) is 6.39. The van der Waals surface area contributed by atoms with Crippen LogP contribution in [-0.2, 0) is 5.41 Å². The molecule has 0 unspecified atom stereocenters. The quantitative estimate of drug-likeness (QED) is 0.660. The molecule has 3 rings (SSSR count). The van der Waals surface area contributed by atoms with Gasteiger partial charge in [-0.1, -0.05) is 74.7 Å². The number of hydrogen-bond donors (Lipinski definition) is 0. The summed E-state index contributed by atoms with van der Waals surface area (Å²) < 4.78 is 0. The Bertz CT molecular complexity index is 616. The molecule has 2 aromatic carbocycles. The van der Waals surface area contributed by atoms with Crippen molar-refractivity contribution in [3.63, 3.8) is 0 Å². The molecule has 0 bridgehead atoms. The molecule has 0 spiro atoms. The van der Waals surface area contributed by atoms with E-state index < -0.39 is 0 Å². The molecule has 19 heavy (non-hydrogen) atoms. The summed E-state index contributed by atoms with van der Waals surface area (Å²) >= 11 is 0. The maximum absolute atomic E-state index is 4.28. The SMILES string of the molecule is C=CC(=C)C1(CC)c2ccccc2-c2ccccc21. The van der Waals surface area contributed by atoms with Crippen molar-refractivity contribution >= 4 is 0 Å². The smallest absolute Gasteiger partial charge is 0.0454 e. The van der Waals surface area contributed by atoms with Gasteiger partial charge in [0.1, 0.15) is 0 Å². The average Bonchev–Trinajstić information content (AvgIpc) is 2.78. The highest BCUT2D eigenvalue weighted by molar-refractivity contribution is 5.83. The molecule has 0 aromatic heterocycles. The van der Waals surface area contributed by atoms with E-state index in [2.05, 4.69) is 68.6 Å². The molecule has 2 aromatic rings. The summed E-state index contributed by atoms with van der Waals surface area (Å²) in [6.45, 7) is 10.5. The standard InChI is InChI=1S/C19H18/c1-4-14(3)19(5-2)17-12-8-6-10-15(17)16-11-7-9-13-18(16)19/h4,6-13H,1,3,5H2,2H3. The van der Waals surface area contributed by atoms with Crippen LogP contribution in [-0.4, -0.2) is 0 Å². The number of hydrogen-bond acceptors (Lipinski definition) is 0. The first kappa shape index (κ1) is 12.0. The maximum Gasteiger partial charge on any atom is 0.0454 e. The van der Waals surface area contributed by atoms with Gasteiger partial charge in [-0.15, -0.1) is 0 Å². The zero-order chi connectivity index (χ0) is 13.5. The highest BCUT2D eigenvalue weighted by Crippen LogP contribution is 2.54. The second-order valence-corrected chi connectivity index (χ2v) is 5.08. The fourth-order valence-electron chi connectivity index (χ4n) is 3.45. The number of rotatable bonds is 3. The van der Waals surface area contributed by atoms with Crippen molar-refractivity contribution in [2.45, 2.75) is 18.8 Å². The minimum absolute atomic E-state index is 0.102. The minimum Gasteiger partial charge on any atom is -0.0988 e. The van der Waals surface area contributed by atoms with Crippen molar-refractivity contribution in [2.24, 2.45) is 0 Å². The molecule has 0 fully saturated rings. The lowest BCUT2D eigenvalue weighted by Crippen LogP contribution is -2.25. The first-order chi connectivity index (χ1) is 9.25. The van der Waals surface area contributed by atoms with Crippen LogP contribution in [0.4, 0.5) is 0 Å². The predicted octanol–water partition coefficient (Wildman–Crippen LogP) is 5.11. The first-order valence-corrected chi connectivity index (χ1v) is 6.77. The Labute approximate surface area is 115 Å². The van der Waals surface area contributed by atoms with Crippen molar-refractivity contribution in [3.8, 4) is 11.1 Å². The van der Waals surface area contributed by atoms with E-state index in [9.17, 15) is 0 Å². The predicted molar refractivity (Wildman–Crippen MR) is 82.3 cm³/mol. The number of fused-ring (bicyclic) bond motifs is 3. The van der Waals surface area contributed by atoms with Gasteiger partial charge >= 0.3 is 0 Å². The zero-order valence-corrected chi connectivity index (χ0v) is 11.3. The normalized spacial score (nSPS) is 14.6. The molecule has 0 heteroatoms. The van der Waals surface area contributed by atoms with Crippen LogP contribution in [0.15, 0.2) is 73.3 Å². The monoisotopic (exact) mass is 246 g/mol. The average molecular weight is 246 g/mol. The summed E-state index contributed by atoms with van der Waals surface area (Å²) in [5.74, 6) is 0. The maximum atomic E-state index is 4.28. The molecule has 0 aliphatic heterocycles. The third-order valence-electron chi connectivity index (χ3n) is 4.39. The van der Waals surface area contributed by atoms with Crippen molar-refractivity contribution < 1.29 is 0 Å². The second-order valence-electron chi connectivity index (χ2n) is 5.08. The fraction of sp³-hybridized carbons (Fsp3) is 0.158. The molecule has 0 nitrogen and oxygen atoms in total. The van der Waals surface area contributed by atoms with Gasteiger partial charge in [-0.3, -0.25) is 0 Å². The van der Waals surface area contributed by atoms with Gasteiger partial charge in [0, 0.05) is 5.41 Å². The van der Waals surface area contributed by atoms with E-state index in [1.165, 1.54) is 22.3 Å². The topological polar surface area (TPSA) is 0 Å². The Morgan fingerprint density at radius 3 is 1.89 bits per heavy atom. The molecule has 94 valence electrons. The van der Waals surface area contributed by atoms with E-state index in [0.717, 1.165) is 12.0 Å². The van der Waals surface area contributed by atoms with Crippen LogP contribution in [0.5, 0.6) is 0 Å². The van der Waals surface area contributed by atoms with Crippen LogP contribution in [0.3, 0.4) is 0 Å². The number of benzene rings is 2. The largest absolute Gasteiger partial charge is 0.0988 e. The molecule has 1 aliphatic rings. The first-order valence-electron chi connectivity index (χ1n) is 6.77. The van der Waals surface area contributed by atoms with Crippen LogP contribution < -0.4 is 0 Å². The third-order valence-corrected chi connectivity index (χ3v) is 4.39. The molecule has 0 atom stereocenters. The fourth-order valence-corrected chi connectivity index (χ4v) is 3.45. The van der Waals surface area contributed by atoms with Gasteiger partial charge in [0.2, 0.25) is 0 Å². The van der Waals surface area contributed by atoms with Crippen LogP contribution >= 0.6 is 0 Å². The van der Waals surface area contributed by atoms with E-state index >= 15 is 0 Å². The van der Waals surface area contributed by atoms with E-state index in [4.69, 9.17) is 0 Å². The number of allylic oxidation sites excluding steroid dienone is 2. The summed E-state index contributed by atoms with van der Waals surface area (Å²) in [5, 5.41) is 0. The molecule has 0 saturated carbocycles. The molecule has 0 N–H and O–H groups in total. The van der Waals surface area contributed by atoms with E-state index in [1.54, 1.807) is 0 Å². The molecular weight excluding hydrogens is 228 g/mol. The van der Waals surface area contributed by atoms with E-state index in [0.29, 0.717) is 0 Å². The Hall–Kier alpha value is -2.08. The van der Waals surface area contributed by atoms with E-state index in [1.807, 2.05) is 6.08 Å². The van der Waals surface area contributed by atoms with Crippen molar-refractivity contribution in [1.29, 1.82) is 0 Å². The molecule has 0 radical (unpaired) electrons. The highest BCUT2D eigenvalue weighted by atomic mass is 14.4. The van der Waals surface area contributed by atoms with Gasteiger partial charge in [-0.25, -0.2) is 0 Å². The molecular formula is C19H18. The lowest BCUT2D eigenvalue weighted by molar-refractivity contribution is 0.610. The lowest BCUT2D eigenvalue weighted by atomic mass is 9.70. The Morgan fingerprint density at radius 1 is 1.00 bits per heavy atom. The van der Waals surface area contributed by atoms with Gasteiger partial charge in [0.25, 0.3) is 0 Å². The Kier molecular flexibility index (Phi) is 2.67. The minimum atomic E-state index is -0.102. The molecule has 0 heterocycles. The van der Waals surface area contributed by atoms with Crippen LogP contribution in [0.2, 0.25) is 0 Å². The molecule has 0 saturated heterocycles. The summed E-state index contributed by atoms with van der Waals surface area (Å²) in [4.78, 5) is 0.